The Morgan fingerprint density at radius 3 is 2.05 bits per heavy atom. The molecule has 224 valence electrons. The molecule has 2 atom stereocenters. The van der Waals surface area contributed by atoms with Crippen LogP contribution in [0.4, 0.5) is 0 Å². The van der Waals surface area contributed by atoms with E-state index in [9.17, 15) is 19.0 Å². The van der Waals surface area contributed by atoms with Gasteiger partial charge in [-0.2, -0.15) is 0 Å². The average molecular weight is 603 g/mol. The predicted octanol–water partition coefficient (Wildman–Crippen LogP) is 5.33. The molecule has 0 bridgehead atoms. The highest BCUT2D eigenvalue weighted by atomic mass is 31.2. The summed E-state index contributed by atoms with van der Waals surface area (Å²) in [6.07, 6.45) is -0.254. The quantitative estimate of drug-likeness (QED) is 0.123. The molecule has 0 saturated carbocycles. The highest BCUT2D eigenvalue weighted by Gasteiger charge is 2.26. The van der Waals surface area contributed by atoms with Gasteiger partial charge in [-0.25, -0.2) is 4.57 Å². The van der Waals surface area contributed by atoms with Crippen LogP contribution in [0.1, 0.15) is 17.5 Å². The maximum atomic E-state index is 13.2. The van der Waals surface area contributed by atoms with Crippen LogP contribution in [0.3, 0.4) is 0 Å². The molecule has 0 aliphatic rings. The second-order valence-corrected chi connectivity index (χ2v) is 11.5. The number of methoxy groups -OCH3 is 1. The Labute approximate surface area is 251 Å². The number of carbonyl (C=O) groups is 2. The number of hydrogen-bond donors (Lipinski definition) is 3. The van der Waals surface area contributed by atoms with E-state index in [1.165, 1.54) is 19.2 Å². The molecular formula is C33H35N2O7P. The van der Waals surface area contributed by atoms with E-state index in [4.69, 9.17) is 14.0 Å². The topological polar surface area (TPSA) is 123 Å². The Bertz CT molecular complexity index is 1500. The number of esters is 1. The van der Waals surface area contributed by atoms with Gasteiger partial charge in [0, 0.05) is 6.54 Å². The van der Waals surface area contributed by atoms with Crippen molar-refractivity contribution in [1.29, 1.82) is 0 Å². The van der Waals surface area contributed by atoms with Crippen molar-refractivity contribution in [1.82, 2.24) is 10.6 Å². The number of nitrogens with one attached hydrogen (secondary N) is 2. The summed E-state index contributed by atoms with van der Waals surface area (Å²) in [4.78, 5) is 35.9. The summed E-state index contributed by atoms with van der Waals surface area (Å²) < 4.78 is 28.6. The summed E-state index contributed by atoms with van der Waals surface area (Å²) in [5.41, 5.74) is 3.81. The molecule has 3 N–H and O–H groups in total. The third-order valence-electron chi connectivity index (χ3n) is 6.53. The SMILES string of the molecule is COc1ccc(OP(=O)(O)CN[C@@H](Cc2ccc(-c3ccccc3)cc2)C(=O)NCCC(=O)OCc2ccccc2)cc1. The fourth-order valence-electron chi connectivity index (χ4n) is 4.24. The zero-order valence-electron chi connectivity index (χ0n) is 23.8. The van der Waals surface area contributed by atoms with E-state index >= 15 is 0 Å². The lowest BCUT2D eigenvalue weighted by Crippen LogP contribution is -2.46. The van der Waals surface area contributed by atoms with Crippen molar-refractivity contribution < 1.29 is 33.0 Å². The Morgan fingerprint density at radius 1 is 0.791 bits per heavy atom. The van der Waals surface area contributed by atoms with Crippen LogP contribution in [0.25, 0.3) is 11.1 Å². The van der Waals surface area contributed by atoms with Crippen molar-refractivity contribution in [2.75, 3.05) is 19.9 Å². The highest BCUT2D eigenvalue weighted by molar-refractivity contribution is 7.53. The second kappa shape index (κ2) is 15.7. The van der Waals surface area contributed by atoms with Crippen LogP contribution < -0.4 is 19.9 Å². The van der Waals surface area contributed by atoms with Gasteiger partial charge in [0.2, 0.25) is 5.91 Å². The summed E-state index contributed by atoms with van der Waals surface area (Å²) in [5.74, 6) is -0.0949. The zero-order valence-corrected chi connectivity index (χ0v) is 24.7. The minimum absolute atomic E-state index is 0.0177. The van der Waals surface area contributed by atoms with Crippen molar-refractivity contribution in [3.8, 4) is 22.6 Å². The van der Waals surface area contributed by atoms with Gasteiger partial charge in [-0.3, -0.25) is 14.9 Å². The predicted molar refractivity (Wildman–Crippen MR) is 165 cm³/mol. The van der Waals surface area contributed by atoms with Crippen LogP contribution in [0.2, 0.25) is 0 Å². The molecule has 0 spiro atoms. The smallest absolute Gasteiger partial charge is 0.390 e. The average Bonchev–Trinajstić information content (AvgIpc) is 3.03. The first-order valence-electron chi connectivity index (χ1n) is 13.8. The molecule has 0 saturated heterocycles. The maximum Gasteiger partial charge on any atom is 0.390 e. The first-order chi connectivity index (χ1) is 20.8. The lowest BCUT2D eigenvalue weighted by molar-refractivity contribution is -0.144. The summed E-state index contributed by atoms with van der Waals surface area (Å²) >= 11 is 0. The lowest BCUT2D eigenvalue weighted by atomic mass is 10.0. The lowest BCUT2D eigenvalue weighted by Gasteiger charge is -2.21. The van der Waals surface area contributed by atoms with Crippen LogP contribution in [0.5, 0.6) is 11.5 Å². The minimum atomic E-state index is -4.17. The molecule has 9 nitrogen and oxygen atoms in total. The van der Waals surface area contributed by atoms with Crippen LogP contribution in [0, 0.1) is 0 Å². The third-order valence-corrected chi connectivity index (χ3v) is 7.61. The second-order valence-electron chi connectivity index (χ2n) is 9.77. The third kappa shape index (κ3) is 10.4. The number of benzene rings is 4. The molecule has 0 fully saturated rings. The molecule has 0 aliphatic heterocycles. The molecule has 43 heavy (non-hydrogen) atoms. The van der Waals surface area contributed by atoms with Gasteiger partial charge in [-0.15, -0.1) is 0 Å². The van der Waals surface area contributed by atoms with Crippen LogP contribution in [-0.4, -0.2) is 42.8 Å². The van der Waals surface area contributed by atoms with E-state index in [0.29, 0.717) is 5.75 Å². The van der Waals surface area contributed by atoms with E-state index in [-0.39, 0.29) is 31.7 Å². The van der Waals surface area contributed by atoms with Gasteiger partial charge in [0.25, 0.3) is 0 Å². The number of hydrogen-bond acceptors (Lipinski definition) is 7. The fourth-order valence-corrected chi connectivity index (χ4v) is 5.20. The van der Waals surface area contributed by atoms with Crippen molar-refractivity contribution >= 4 is 19.5 Å². The number of rotatable bonds is 15. The van der Waals surface area contributed by atoms with E-state index in [1.807, 2.05) is 84.9 Å². The molecule has 0 aliphatic carbocycles. The Hall–Kier alpha value is -4.43. The van der Waals surface area contributed by atoms with Crippen LogP contribution >= 0.6 is 7.60 Å². The molecule has 1 amide bonds. The zero-order chi connectivity index (χ0) is 30.5. The van der Waals surface area contributed by atoms with Gasteiger partial charge in [-0.05, 0) is 52.9 Å². The van der Waals surface area contributed by atoms with Gasteiger partial charge >= 0.3 is 13.6 Å². The molecule has 0 aromatic heterocycles. The molecule has 4 aromatic carbocycles. The summed E-state index contributed by atoms with van der Waals surface area (Å²) in [5, 5.41) is 5.63. The number of carbonyl (C=O) groups excluding carboxylic acids is 2. The maximum absolute atomic E-state index is 13.2. The van der Waals surface area contributed by atoms with Crippen LogP contribution in [0.15, 0.2) is 109 Å². The normalized spacial score (nSPS) is 12.9. The summed E-state index contributed by atoms with van der Waals surface area (Å²) in [6, 6.07) is 32.4. The minimum Gasteiger partial charge on any atom is -0.497 e. The highest BCUT2D eigenvalue weighted by Crippen LogP contribution is 2.41. The fraction of sp³-hybridized carbons (Fsp3) is 0.212. The molecule has 1 unspecified atom stereocenters. The molecule has 4 rings (SSSR count). The largest absolute Gasteiger partial charge is 0.497 e. The Kier molecular flexibility index (Phi) is 11.5. The molecule has 10 heteroatoms. The van der Waals surface area contributed by atoms with Gasteiger partial charge in [0.15, 0.2) is 0 Å². The first-order valence-corrected chi connectivity index (χ1v) is 15.6. The van der Waals surface area contributed by atoms with Gasteiger partial charge in [0.1, 0.15) is 24.4 Å². The van der Waals surface area contributed by atoms with Crippen molar-refractivity contribution in [2.24, 2.45) is 0 Å². The van der Waals surface area contributed by atoms with Gasteiger partial charge in [-0.1, -0.05) is 84.9 Å². The van der Waals surface area contributed by atoms with Crippen LogP contribution in [-0.2, 0) is 31.9 Å². The molecule has 0 radical (unpaired) electrons. The first kappa shape index (κ1) is 31.5. The van der Waals surface area contributed by atoms with E-state index in [2.05, 4.69) is 10.6 Å². The number of ether oxygens (including phenoxy) is 2. The van der Waals surface area contributed by atoms with Gasteiger partial charge < -0.3 is 24.2 Å². The monoisotopic (exact) mass is 602 g/mol. The van der Waals surface area contributed by atoms with Crippen molar-refractivity contribution in [2.45, 2.75) is 25.5 Å². The van der Waals surface area contributed by atoms with Gasteiger partial charge in [0.05, 0.1) is 19.6 Å². The van der Waals surface area contributed by atoms with E-state index < -0.39 is 31.8 Å². The molecular weight excluding hydrogens is 567 g/mol. The van der Waals surface area contributed by atoms with E-state index in [1.54, 1.807) is 12.1 Å². The molecule has 0 heterocycles. The number of amides is 1. The Morgan fingerprint density at radius 2 is 1.40 bits per heavy atom. The van der Waals surface area contributed by atoms with Crippen molar-refractivity contribution in [3.63, 3.8) is 0 Å². The van der Waals surface area contributed by atoms with E-state index in [0.717, 1.165) is 22.3 Å². The Balaban J connectivity index is 1.36. The standard InChI is InChI=1S/C33H35N2O7P/c1-40-29-16-18-30(19-17-29)42-43(38,39)24-35-31(22-25-12-14-28(15-13-25)27-10-6-3-7-11-27)33(37)34-21-20-32(36)41-23-26-8-4-2-5-9-26/h2-19,31,35H,20-24H2,1H3,(H,34,37)(H,38,39)/t31-/m0/s1. The van der Waals surface area contributed by atoms with Crippen molar-refractivity contribution in [3.05, 3.63) is 120 Å². The summed E-state index contributed by atoms with van der Waals surface area (Å²) in [6.45, 7) is 0.202. The summed E-state index contributed by atoms with van der Waals surface area (Å²) in [7, 11) is -2.65. The molecule has 4 aromatic rings.